The van der Waals surface area contributed by atoms with Crippen LogP contribution in [0.2, 0.25) is 0 Å². The molecule has 70 valence electrons. The Morgan fingerprint density at radius 1 is 0.929 bits per heavy atom. The fraction of sp³-hybridized carbons (Fsp3) is 0.0833. The van der Waals surface area contributed by atoms with Gasteiger partial charge in [-0.1, -0.05) is 41.6 Å². The van der Waals surface area contributed by atoms with Gasteiger partial charge in [-0.3, -0.25) is 0 Å². The van der Waals surface area contributed by atoms with Crippen LogP contribution in [0.5, 0.6) is 0 Å². The number of aromatic nitrogens is 1. The number of aryl methyl sites for hydroxylation is 1. The standard InChI is InChI=1S/C12H12N2/c1-11-7-3-4-8-12(11)13-14-9-5-2-6-10-14/h2-10H,1H3. The van der Waals surface area contributed by atoms with Gasteiger partial charge >= 0.3 is 0 Å². The summed E-state index contributed by atoms with van der Waals surface area (Å²) in [4.78, 5) is 0. The van der Waals surface area contributed by atoms with E-state index in [1.54, 1.807) is 0 Å². The van der Waals surface area contributed by atoms with E-state index in [2.05, 4.69) is 18.4 Å². The summed E-state index contributed by atoms with van der Waals surface area (Å²) in [6, 6.07) is 14.0. The summed E-state index contributed by atoms with van der Waals surface area (Å²) in [5, 5.41) is 0. The number of pyridine rings is 1. The lowest BCUT2D eigenvalue weighted by atomic mass is 10.2. The summed E-state index contributed by atoms with van der Waals surface area (Å²) in [7, 11) is 0. The molecule has 1 aromatic carbocycles. The predicted molar refractivity (Wildman–Crippen MR) is 56.2 cm³/mol. The Labute approximate surface area is 83.8 Å². The van der Waals surface area contributed by atoms with Crippen LogP contribution in [-0.4, -0.2) is 0 Å². The van der Waals surface area contributed by atoms with Gasteiger partial charge in [-0.2, -0.15) is 0 Å². The van der Waals surface area contributed by atoms with Crippen molar-refractivity contribution in [1.29, 1.82) is 0 Å². The monoisotopic (exact) mass is 184 g/mol. The second kappa shape index (κ2) is 3.92. The summed E-state index contributed by atoms with van der Waals surface area (Å²) in [5.41, 5.74) is 6.64. The first-order valence-electron chi connectivity index (χ1n) is 4.60. The fourth-order valence-corrected chi connectivity index (χ4v) is 1.26. The smallest absolute Gasteiger partial charge is 0.164 e. The molecule has 0 amide bonds. The van der Waals surface area contributed by atoms with E-state index < -0.39 is 0 Å². The molecule has 2 heteroatoms. The lowest BCUT2D eigenvalue weighted by Gasteiger charge is -2.15. The molecule has 1 heterocycles. The van der Waals surface area contributed by atoms with Gasteiger partial charge in [-0.05, 0) is 6.92 Å². The van der Waals surface area contributed by atoms with Crippen molar-refractivity contribution in [1.82, 2.24) is 0 Å². The number of nitrogens with zero attached hydrogens (tertiary/aromatic N) is 2. The van der Waals surface area contributed by atoms with Gasteiger partial charge in [-0.15, -0.1) is 0 Å². The third-order valence-corrected chi connectivity index (χ3v) is 2.04. The average Bonchev–Trinajstić information content (AvgIpc) is 2.23. The van der Waals surface area contributed by atoms with Crippen molar-refractivity contribution in [3.63, 3.8) is 0 Å². The second-order valence-electron chi connectivity index (χ2n) is 3.14. The lowest BCUT2D eigenvalue weighted by Crippen LogP contribution is -2.26. The van der Waals surface area contributed by atoms with Crippen LogP contribution in [0.3, 0.4) is 0 Å². The predicted octanol–water partition coefficient (Wildman–Crippen LogP) is 2.75. The van der Waals surface area contributed by atoms with Crippen LogP contribution in [0.15, 0.2) is 54.9 Å². The normalized spacial score (nSPS) is 9.79. The van der Waals surface area contributed by atoms with Crippen molar-refractivity contribution in [2.24, 2.45) is 0 Å². The minimum Gasteiger partial charge on any atom is -0.405 e. The molecule has 0 aliphatic rings. The molecule has 2 nitrogen and oxygen atoms in total. The highest BCUT2D eigenvalue weighted by Gasteiger charge is 1.90. The molecule has 0 aliphatic carbocycles. The third kappa shape index (κ3) is 1.91. The molecule has 0 radical (unpaired) electrons. The Balaban J connectivity index is 2.24. The topological polar surface area (TPSA) is 18.0 Å². The summed E-state index contributed by atoms with van der Waals surface area (Å²) < 4.78 is 1.81. The van der Waals surface area contributed by atoms with Crippen LogP contribution in [0.1, 0.15) is 5.56 Å². The molecule has 0 unspecified atom stereocenters. The zero-order valence-corrected chi connectivity index (χ0v) is 8.09. The first-order valence-corrected chi connectivity index (χ1v) is 4.60. The van der Waals surface area contributed by atoms with Crippen LogP contribution < -0.4 is 4.68 Å². The van der Waals surface area contributed by atoms with E-state index in [0.717, 1.165) is 5.69 Å². The Kier molecular flexibility index (Phi) is 2.45. The Bertz CT molecular complexity index is 410. The molecule has 1 aromatic heterocycles. The van der Waals surface area contributed by atoms with Crippen LogP contribution in [0, 0.1) is 6.92 Å². The van der Waals surface area contributed by atoms with E-state index >= 15 is 0 Å². The molecule has 2 rings (SSSR count). The van der Waals surface area contributed by atoms with Crippen molar-refractivity contribution in [2.75, 3.05) is 0 Å². The van der Waals surface area contributed by atoms with Crippen molar-refractivity contribution in [2.45, 2.75) is 6.92 Å². The molecule has 0 aliphatic heterocycles. The van der Waals surface area contributed by atoms with Gasteiger partial charge in [0.2, 0.25) is 0 Å². The number of rotatable bonds is 2. The fourth-order valence-electron chi connectivity index (χ4n) is 1.26. The third-order valence-electron chi connectivity index (χ3n) is 2.04. The zero-order chi connectivity index (χ0) is 9.80. The minimum atomic E-state index is 1.00. The van der Waals surface area contributed by atoms with Gasteiger partial charge in [0.1, 0.15) is 0 Å². The van der Waals surface area contributed by atoms with E-state index in [1.807, 2.05) is 53.5 Å². The SMILES string of the molecule is Cc1ccccc1[N-][n+]1ccccc1. The molecule has 0 atom stereocenters. The zero-order valence-electron chi connectivity index (χ0n) is 8.09. The van der Waals surface area contributed by atoms with Gasteiger partial charge in [0.15, 0.2) is 12.4 Å². The van der Waals surface area contributed by atoms with E-state index in [4.69, 9.17) is 0 Å². The maximum absolute atomic E-state index is 4.46. The number of hydrogen-bond acceptors (Lipinski definition) is 0. The molecule has 0 saturated carbocycles. The highest BCUT2D eigenvalue weighted by Crippen LogP contribution is 2.19. The van der Waals surface area contributed by atoms with Crippen LogP contribution in [-0.2, 0) is 0 Å². The van der Waals surface area contributed by atoms with E-state index in [9.17, 15) is 0 Å². The van der Waals surface area contributed by atoms with Crippen molar-refractivity contribution < 1.29 is 4.68 Å². The lowest BCUT2D eigenvalue weighted by molar-refractivity contribution is -0.619. The van der Waals surface area contributed by atoms with Crippen molar-refractivity contribution in [3.05, 3.63) is 65.8 Å². The van der Waals surface area contributed by atoms with Crippen LogP contribution >= 0.6 is 0 Å². The van der Waals surface area contributed by atoms with Crippen LogP contribution in [0.4, 0.5) is 5.69 Å². The van der Waals surface area contributed by atoms with Gasteiger partial charge in [0, 0.05) is 12.1 Å². The highest BCUT2D eigenvalue weighted by atomic mass is 15.4. The molecular formula is C12H12N2. The Morgan fingerprint density at radius 2 is 1.64 bits per heavy atom. The van der Waals surface area contributed by atoms with Crippen molar-refractivity contribution in [3.8, 4) is 0 Å². The first-order chi connectivity index (χ1) is 6.86. The summed E-state index contributed by atoms with van der Waals surface area (Å²) >= 11 is 0. The molecule has 0 saturated heterocycles. The van der Waals surface area contributed by atoms with Gasteiger partial charge < -0.3 is 5.43 Å². The van der Waals surface area contributed by atoms with Crippen molar-refractivity contribution >= 4 is 5.69 Å². The van der Waals surface area contributed by atoms with E-state index in [0.29, 0.717) is 0 Å². The Morgan fingerprint density at radius 3 is 2.36 bits per heavy atom. The minimum absolute atomic E-state index is 1.00. The van der Waals surface area contributed by atoms with E-state index in [-0.39, 0.29) is 0 Å². The number of benzene rings is 1. The highest BCUT2D eigenvalue weighted by molar-refractivity contribution is 5.51. The molecule has 14 heavy (non-hydrogen) atoms. The maximum atomic E-state index is 4.46. The summed E-state index contributed by atoms with van der Waals surface area (Å²) in [6.07, 6.45) is 3.85. The Hall–Kier alpha value is -1.83. The van der Waals surface area contributed by atoms with Gasteiger partial charge in [0.25, 0.3) is 0 Å². The molecule has 0 bridgehead atoms. The summed E-state index contributed by atoms with van der Waals surface area (Å²) in [6.45, 7) is 2.06. The van der Waals surface area contributed by atoms with Gasteiger partial charge in [-0.25, -0.2) is 4.68 Å². The quantitative estimate of drug-likeness (QED) is 0.639. The molecular weight excluding hydrogens is 172 g/mol. The van der Waals surface area contributed by atoms with Gasteiger partial charge in [0.05, 0.1) is 0 Å². The number of hydrogen-bond donors (Lipinski definition) is 0. The molecule has 0 fully saturated rings. The second-order valence-corrected chi connectivity index (χ2v) is 3.14. The molecule has 0 N–H and O–H groups in total. The largest absolute Gasteiger partial charge is 0.405 e. The average molecular weight is 184 g/mol. The maximum Gasteiger partial charge on any atom is 0.164 e. The molecule has 0 spiro atoms. The van der Waals surface area contributed by atoms with Crippen LogP contribution in [0.25, 0.3) is 5.43 Å². The van der Waals surface area contributed by atoms with E-state index in [1.165, 1.54) is 5.56 Å². The molecule has 2 aromatic rings. The first kappa shape index (κ1) is 8.75. The summed E-state index contributed by atoms with van der Waals surface area (Å²) in [5.74, 6) is 0.